The summed E-state index contributed by atoms with van der Waals surface area (Å²) in [7, 11) is -4.16. The van der Waals surface area contributed by atoms with Crippen molar-refractivity contribution >= 4 is 39.0 Å². The zero-order valence-electron chi connectivity index (χ0n) is 14.6. The van der Waals surface area contributed by atoms with Crippen molar-refractivity contribution in [2.24, 2.45) is 10.1 Å². The number of sulfonamides is 1. The molecule has 0 saturated carbocycles. The van der Waals surface area contributed by atoms with Crippen LogP contribution >= 0.6 is 0 Å². The maximum absolute atomic E-state index is 12.7. The first-order chi connectivity index (χ1) is 13.2. The summed E-state index contributed by atoms with van der Waals surface area (Å²) in [5, 5.41) is 13.9. The smallest absolute Gasteiger partial charge is 0.303 e. The van der Waals surface area contributed by atoms with E-state index in [9.17, 15) is 22.8 Å². The van der Waals surface area contributed by atoms with E-state index in [1.807, 2.05) is 0 Å². The number of carbonyl (C=O) groups excluding carboxylic acids is 2. The average Bonchev–Trinajstić information content (AvgIpc) is 2.63. The highest BCUT2D eigenvalue weighted by molar-refractivity contribution is 7.89. The van der Waals surface area contributed by atoms with Crippen molar-refractivity contribution in [2.45, 2.75) is 24.2 Å². The van der Waals surface area contributed by atoms with E-state index in [2.05, 4.69) is 4.99 Å². The molecule has 0 aromatic heterocycles. The quantitative estimate of drug-likeness (QED) is 0.784. The first kappa shape index (κ1) is 19.6. The molecule has 2 aromatic rings. The van der Waals surface area contributed by atoms with Gasteiger partial charge in [-0.15, -0.1) is 0 Å². The lowest BCUT2D eigenvalue weighted by atomic mass is 9.88. The maximum Gasteiger partial charge on any atom is 0.303 e. The molecule has 8 nitrogen and oxygen atoms in total. The Bertz CT molecular complexity index is 1130. The van der Waals surface area contributed by atoms with E-state index in [0.717, 1.165) is 5.56 Å². The summed E-state index contributed by atoms with van der Waals surface area (Å²) in [6.45, 7) is 0. The molecule has 0 saturated heterocycles. The number of primary sulfonamides is 1. The van der Waals surface area contributed by atoms with Crippen LogP contribution in [0.5, 0.6) is 0 Å². The number of aliphatic imine (C=N–C) groups is 1. The number of aliphatic carboxylic acids is 1. The van der Waals surface area contributed by atoms with E-state index in [1.54, 1.807) is 24.3 Å². The molecule has 9 heteroatoms. The second-order valence-corrected chi connectivity index (χ2v) is 7.80. The van der Waals surface area contributed by atoms with Crippen molar-refractivity contribution < 1.29 is 27.9 Å². The first-order valence-corrected chi connectivity index (χ1v) is 9.83. The van der Waals surface area contributed by atoms with Crippen molar-refractivity contribution in [1.29, 1.82) is 0 Å². The lowest BCUT2D eigenvalue weighted by Gasteiger charge is -2.18. The first-order valence-electron chi connectivity index (χ1n) is 8.29. The largest absolute Gasteiger partial charge is 0.481 e. The number of Topliss-reactive ketones (excluding diaryl/α,β-unsaturated/α-hetero) is 2. The van der Waals surface area contributed by atoms with Crippen LogP contribution in [0.4, 0.5) is 5.69 Å². The van der Waals surface area contributed by atoms with Gasteiger partial charge in [-0.25, -0.2) is 18.5 Å². The lowest BCUT2D eigenvalue weighted by Crippen LogP contribution is -2.30. The molecule has 0 bridgehead atoms. The van der Waals surface area contributed by atoms with Gasteiger partial charge in [-0.2, -0.15) is 0 Å². The van der Waals surface area contributed by atoms with Crippen molar-refractivity contribution in [2.75, 3.05) is 0 Å². The molecule has 144 valence electrons. The molecule has 0 fully saturated rings. The van der Waals surface area contributed by atoms with Crippen molar-refractivity contribution in [3.05, 3.63) is 59.2 Å². The van der Waals surface area contributed by atoms with E-state index in [1.165, 1.54) is 18.2 Å². The fraction of sp³-hybridized carbons (Fsp3) is 0.158. The number of hydrogen-bond acceptors (Lipinski definition) is 6. The van der Waals surface area contributed by atoms with Crippen LogP contribution in [0.3, 0.4) is 0 Å². The van der Waals surface area contributed by atoms with Crippen LogP contribution < -0.4 is 5.14 Å². The minimum atomic E-state index is -4.16. The highest BCUT2D eigenvalue weighted by Crippen LogP contribution is 2.27. The lowest BCUT2D eigenvalue weighted by molar-refractivity contribution is -0.136. The van der Waals surface area contributed by atoms with Gasteiger partial charge in [0.1, 0.15) is 0 Å². The SMILES string of the molecule is NS(=O)(=O)c1cccc2c1C(=O)CC(=Nc1cccc(CCC(=O)O)c1)C2=O. The number of benzene rings is 2. The molecule has 0 heterocycles. The summed E-state index contributed by atoms with van der Waals surface area (Å²) < 4.78 is 23.4. The third-order valence-corrected chi connectivity index (χ3v) is 5.20. The van der Waals surface area contributed by atoms with Crippen LogP contribution in [0.1, 0.15) is 39.1 Å². The molecule has 0 aliphatic heterocycles. The van der Waals surface area contributed by atoms with Crippen LogP contribution in [0, 0.1) is 0 Å². The number of hydrogen-bond donors (Lipinski definition) is 2. The zero-order valence-corrected chi connectivity index (χ0v) is 15.4. The van der Waals surface area contributed by atoms with Gasteiger partial charge in [0.2, 0.25) is 15.8 Å². The van der Waals surface area contributed by atoms with Crippen LogP contribution in [-0.2, 0) is 21.2 Å². The van der Waals surface area contributed by atoms with Crippen molar-refractivity contribution in [1.82, 2.24) is 0 Å². The van der Waals surface area contributed by atoms with Crippen LogP contribution in [0.15, 0.2) is 52.4 Å². The summed E-state index contributed by atoms with van der Waals surface area (Å²) in [5.74, 6) is -2.02. The summed E-state index contributed by atoms with van der Waals surface area (Å²) >= 11 is 0. The number of rotatable bonds is 5. The molecule has 2 aromatic carbocycles. The Morgan fingerprint density at radius 2 is 1.86 bits per heavy atom. The second kappa shape index (κ2) is 7.45. The van der Waals surface area contributed by atoms with Gasteiger partial charge in [0, 0.05) is 17.5 Å². The highest BCUT2D eigenvalue weighted by Gasteiger charge is 2.33. The Balaban J connectivity index is 1.99. The van der Waals surface area contributed by atoms with E-state index >= 15 is 0 Å². The number of nitrogens with two attached hydrogens (primary N) is 1. The van der Waals surface area contributed by atoms with E-state index < -0.39 is 27.6 Å². The van der Waals surface area contributed by atoms with Gasteiger partial charge < -0.3 is 5.11 Å². The molecular weight excluding hydrogens is 384 g/mol. The third-order valence-electron chi connectivity index (χ3n) is 4.25. The molecule has 0 radical (unpaired) electrons. The Morgan fingerprint density at radius 1 is 1.14 bits per heavy atom. The Hall–Kier alpha value is -3.17. The Morgan fingerprint density at radius 3 is 2.54 bits per heavy atom. The molecule has 0 spiro atoms. The monoisotopic (exact) mass is 400 g/mol. The van der Waals surface area contributed by atoms with Gasteiger partial charge in [-0.1, -0.05) is 24.3 Å². The van der Waals surface area contributed by atoms with Gasteiger partial charge in [0.15, 0.2) is 5.78 Å². The third kappa shape index (κ3) is 4.05. The van der Waals surface area contributed by atoms with Gasteiger partial charge in [-0.3, -0.25) is 14.4 Å². The number of aryl methyl sites for hydroxylation is 1. The van der Waals surface area contributed by atoms with Gasteiger partial charge in [0.05, 0.1) is 22.7 Å². The predicted octanol–water partition coefficient (Wildman–Crippen LogP) is 1.89. The molecule has 0 amide bonds. The van der Waals surface area contributed by atoms with Gasteiger partial charge >= 0.3 is 5.97 Å². The number of fused-ring (bicyclic) bond motifs is 1. The normalized spacial score (nSPS) is 15.5. The number of carboxylic acid groups (broad SMARTS) is 1. The predicted molar refractivity (Wildman–Crippen MR) is 101 cm³/mol. The van der Waals surface area contributed by atoms with Crippen LogP contribution in [0.2, 0.25) is 0 Å². The molecule has 0 atom stereocenters. The maximum atomic E-state index is 12.7. The summed E-state index contributed by atoms with van der Waals surface area (Å²) in [6.07, 6.45) is -0.0830. The van der Waals surface area contributed by atoms with Crippen LogP contribution in [-0.4, -0.2) is 36.8 Å². The average molecular weight is 400 g/mol. The van der Waals surface area contributed by atoms with Gasteiger partial charge in [0.25, 0.3) is 0 Å². The van der Waals surface area contributed by atoms with E-state index in [-0.39, 0.29) is 34.6 Å². The van der Waals surface area contributed by atoms with Crippen molar-refractivity contribution in [3.8, 4) is 0 Å². The number of ketones is 2. The topological polar surface area (TPSA) is 144 Å². The van der Waals surface area contributed by atoms with Crippen LogP contribution in [0.25, 0.3) is 0 Å². The highest BCUT2D eigenvalue weighted by atomic mass is 32.2. The summed E-state index contributed by atoms with van der Waals surface area (Å²) in [5.41, 5.74) is 0.869. The Kier molecular flexibility index (Phi) is 5.21. The number of carbonyl (C=O) groups is 3. The zero-order chi connectivity index (χ0) is 20.5. The molecule has 1 aliphatic carbocycles. The summed E-state index contributed by atoms with van der Waals surface area (Å²) in [4.78, 5) is 39.9. The second-order valence-electron chi connectivity index (χ2n) is 6.27. The minimum absolute atomic E-state index is 0.0144. The minimum Gasteiger partial charge on any atom is -0.481 e. The summed E-state index contributed by atoms with van der Waals surface area (Å²) in [6, 6.07) is 10.6. The molecule has 3 N–H and O–H groups in total. The molecule has 0 unspecified atom stereocenters. The number of carboxylic acids is 1. The molecule has 28 heavy (non-hydrogen) atoms. The standard InChI is InChI=1S/C19H16N2O6S/c20-28(26,27)16-6-2-5-13-18(16)15(22)10-14(19(13)25)21-12-4-1-3-11(9-12)7-8-17(23)24/h1-6,9H,7-8,10H2,(H,23,24)(H2,20,26,27). The van der Waals surface area contributed by atoms with E-state index in [4.69, 9.17) is 10.2 Å². The Labute approximate surface area is 160 Å². The fourth-order valence-electron chi connectivity index (χ4n) is 3.00. The molecular formula is C19H16N2O6S. The van der Waals surface area contributed by atoms with Gasteiger partial charge in [-0.05, 0) is 30.2 Å². The number of nitrogens with zero attached hydrogens (tertiary/aromatic N) is 1. The van der Waals surface area contributed by atoms with E-state index in [0.29, 0.717) is 12.1 Å². The molecule has 3 rings (SSSR count). The van der Waals surface area contributed by atoms with Crippen molar-refractivity contribution in [3.63, 3.8) is 0 Å². The molecule has 1 aliphatic rings. The fourth-order valence-corrected chi connectivity index (χ4v) is 3.78.